The van der Waals surface area contributed by atoms with Gasteiger partial charge in [0.2, 0.25) is 11.8 Å². The van der Waals surface area contributed by atoms with E-state index in [-0.39, 0.29) is 23.1 Å². The number of imide groups is 1. The third kappa shape index (κ3) is 4.43. The van der Waals surface area contributed by atoms with Crippen molar-refractivity contribution in [2.45, 2.75) is 110 Å². The summed E-state index contributed by atoms with van der Waals surface area (Å²) < 4.78 is 0. The summed E-state index contributed by atoms with van der Waals surface area (Å²) in [5.41, 5.74) is 3.96. The number of unbranched alkanes of at least 4 members (excludes halogenated alkanes) is 12. The summed E-state index contributed by atoms with van der Waals surface area (Å²) in [7, 11) is 0. The number of likely N-dealkylation sites (tertiary alicyclic amines) is 1. The van der Waals surface area contributed by atoms with Gasteiger partial charge in [-0.3, -0.25) is 19.5 Å². The van der Waals surface area contributed by atoms with E-state index in [2.05, 4.69) is 18.8 Å². The van der Waals surface area contributed by atoms with Gasteiger partial charge in [0, 0.05) is 18.3 Å². The lowest BCUT2D eigenvalue weighted by Crippen LogP contribution is -2.34. The van der Waals surface area contributed by atoms with Gasteiger partial charge < -0.3 is 0 Å². The van der Waals surface area contributed by atoms with Crippen LogP contribution in [0.1, 0.15) is 110 Å². The van der Waals surface area contributed by atoms with E-state index < -0.39 is 0 Å². The van der Waals surface area contributed by atoms with Crippen molar-refractivity contribution in [1.29, 1.82) is 0 Å². The molecule has 0 N–H and O–H groups in total. The van der Waals surface area contributed by atoms with Crippen LogP contribution in [0.2, 0.25) is 0 Å². The molecule has 0 radical (unpaired) electrons. The molecule has 2 aliphatic carbocycles. The van der Waals surface area contributed by atoms with E-state index >= 15 is 0 Å². The third-order valence-electron chi connectivity index (χ3n) is 7.81. The number of nitrogens with zero attached hydrogens (tertiary/aromatic N) is 2. The van der Waals surface area contributed by atoms with Crippen molar-refractivity contribution in [3.63, 3.8) is 0 Å². The van der Waals surface area contributed by atoms with E-state index in [9.17, 15) is 9.59 Å². The Kier molecular flexibility index (Phi) is 7.48. The average Bonchev–Trinajstić information content (AvgIpc) is 3.30. The Morgan fingerprint density at radius 3 is 2.19 bits per heavy atom. The lowest BCUT2D eigenvalue weighted by Gasteiger charge is -2.27. The first-order valence-corrected chi connectivity index (χ1v) is 13.2. The van der Waals surface area contributed by atoms with E-state index in [1.54, 1.807) is 0 Å². The lowest BCUT2D eigenvalue weighted by atomic mass is 9.83. The lowest BCUT2D eigenvalue weighted by molar-refractivity contribution is -0.141. The van der Waals surface area contributed by atoms with E-state index in [4.69, 9.17) is 0 Å². The van der Waals surface area contributed by atoms with Crippen LogP contribution in [0.3, 0.4) is 0 Å². The minimum absolute atomic E-state index is 0.00934. The molecule has 0 aromatic rings. The van der Waals surface area contributed by atoms with Crippen LogP contribution in [-0.4, -0.2) is 22.9 Å². The normalized spacial score (nSPS) is 25.0. The number of hydrogen-bond acceptors (Lipinski definition) is 3. The zero-order valence-electron chi connectivity index (χ0n) is 20.1. The van der Waals surface area contributed by atoms with Crippen molar-refractivity contribution in [3.05, 3.63) is 34.7 Å². The molecule has 4 heteroatoms. The maximum atomic E-state index is 13.0. The molecule has 174 valence electrons. The van der Waals surface area contributed by atoms with Gasteiger partial charge >= 0.3 is 0 Å². The fourth-order valence-electron chi connectivity index (χ4n) is 5.97. The molecule has 0 aromatic carbocycles. The van der Waals surface area contributed by atoms with Crippen LogP contribution in [0.15, 0.2) is 39.7 Å². The molecule has 4 aliphatic rings. The van der Waals surface area contributed by atoms with Gasteiger partial charge in [-0.2, -0.15) is 0 Å². The number of hydrogen-bond donors (Lipinski definition) is 0. The molecule has 0 aromatic heterocycles. The van der Waals surface area contributed by atoms with Gasteiger partial charge in [-0.05, 0) is 43.1 Å². The summed E-state index contributed by atoms with van der Waals surface area (Å²) in [6.45, 7) is 4.33. The number of rotatable bonds is 14. The van der Waals surface area contributed by atoms with E-state index in [0.29, 0.717) is 6.42 Å². The molecular weight excluding hydrogens is 396 g/mol. The molecule has 2 atom stereocenters. The maximum absolute atomic E-state index is 13.0. The number of amides is 2. The first-order valence-electron chi connectivity index (χ1n) is 13.2. The Bertz CT molecular complexity index is 863. The summed E-state index contributed by atoms with van der Waals surface area (Å²) in [6.07, 6.45) is 23.9. The predicted octanol–water partition coefficient (Wildman–Crippen LogP) is 7.03. The highest BCUT2D eigenvalue weighted by atomic mass is 16.2. The van der Waals surface area contributed by atoms with Gasteiger partial charge in [0.05, 0.1) is 17.0 Å². The van der Waals surface area contributed by atoms with Gasteiger partial charge in [-0.25, -0.2) is 0 Å². The van der Waals surface area contributed by atoms with E-state index in [0.717, 1.165) is 36.2 Å². The first-order chi connectivity index (χ1) is 15.6. The molecule has 32 heavy (non-hydrogen) atoms. The predicted molar refractivity (Wildman–Crippen MR) is 130 cm³/mol. The van der Waals surface area contributed by atoms with Gasteiger partial charge in [0.1, 0.15) is 0 Å². The molecule has 1 spiro atoms. The highest BCUT2D eigenvalue weighted by Gasteiger charge is 2.72. The Balaban J connectivity index is 1.12. The fraction of sp³-hybridized carbons (Fsp3) is 0.679. The summed E-state index contributed by atoms with van der Waals surface area (Å²) >= 11 is 0. The summed E-state index contributed by atoms with van der Waals surface area (Å²) in [4.78, 5) is 31.9. The van der Waals surface area contributed by atoms with Gasteiger partial charge in [-0.15, -0.1) is 0 Å². The standard InChI is InChI=1S/C28H40N2O2/c1-3-4-5-6-7-8-9-10-11-12-13-14-15-16-25(31)30-24-18-17-23-26(21(2)20-29-23)28(24)19-22(28)27(30)32/h17-18,20,22H,3-16,19H2,1-2H3. The molecule has 2 heterocycles. The fourth-order valence-corrected chi connectivity index (χ4v) is 5.97. The maximum Gasteiger partial charge on any atom is 0.237 e. The molecule has 1 saturated heterocycles. The Morgan fingerprint density at radius 2 is 1.56 bits per heavy atom. The van der Waals surface area contributed by atoms with Crippen LogP contribution in [0.5, 0.6) is 0 Å². The number of piperidine rings is 1. The molecule has 0 bridgehead atoms. The Morgan fingerprint density at radius 1 is 0.969 bits per heavy atom. The second-order valence-corrected chi connectivity index (χ2v) is 10.2. The monoisotopic (exact) mass is 436 g/mol. The molecule has 2 unspecified atom stereocenters. The molecular formula is C28H40N2O2. The molecule has 2 aliphatic heterocycles. The van der Waals surface area contributed by atoms with Crippen molar-refractivity contribution in [3.8, 4) is 0 Å². The second-order valence-electron chi connectivity index (χ2n) is 10.2. The quantitative estimate of drug-likeness (QED) is 0.275. The van der Waals surface area contributed by atoms with E-state index in [1.165, 1.54) is 81.1 Å². The third-order valence-corrected chi connectivity index (χ3v) is 7.81. The largest absolute Gasteiger partial charge is 0.274 e. The van der Waals surface area contributed by atoms with Crippen LogP contribution in [-0.2, 0) is 9.59 Å². The topological polar surface area (TPSA) is 49.7 Å². The number of fused-ring (bicyclic) bond motifs is 1. The van der Waals surface area contributed by atoms with Gasteiger partial charge in [0.15, 0.2) is 0 Å². The highest BCUT2D eigenvalue weighted by Crippen LogP contribution is 2.71. The minimum Gasteiger partial charge on any atom is -0.274 e. The van der Waals surface area contributed by atoms with Crippen LogP contribution in [0.4, 0.5) is 0 Å². The first kappa shape index (κ1) is 23.2. The molecule has 2 amide bonds. The Labute approximate surface area is 193 Å². The van der Waals surface area contributed by atoms with Gasteiger partial charge in [-0.1, -0.05) is 84.0 Å². The van der Waals surface area contributed by atoms with Crippen molar-refractivity contribution in [1.82, 2.24) is 4.90 Å². The van der Waals surface area contributed by atoms with Crippen LogP contribution in [0, 0.1) is 11.3 Å². The van der Waals surface area contributed by atoms with Crippen molar-refractivity contribution in [2.75, 3.05) is 0 Å². The minimum atomic E-state index is -0.257. The number of carbonyl (C=O) groups excluding carboxylic acids is 2. The van der Waals surface area contributed by atoms with Crippen LogP contribution < -0.4 is 0 Å². The summed E-state index contributed by atoms with van der Waals surface area (Å²) in [5, 5.41) is 0. The Hall–Kier alpha value is -1.97. The zero-order valence-corrected chi connectivity index (χ0v) is 20.1. The van der Waals surface area contributed by atoms with Crippen LogP contribution >= 0.6 is 0 Å². The number of aliphatic imine (C=N–C) groups is 1. The van der Waals surface area contributed by atoms with Crippen LogP contribution in [0.25, 0.3) is 0 Å². The average molecular weight is 437 g/mol. The molecule has 4 rings (SSSR count). The summed E-state index contributed by atoms with van der Waals surface area (Å²) in [5.74, 6) is -0.0533. The smallest absolute Gasteiger partial charge is 0.237 e. The van der Waals surface area contributed by atoms with Crippen molar-refractivity contribution >= 4 is 18.0 Å². The highest BCUT2D eigenvalue weighted by molar-refractivity contribution is 6.06. The summed E-state index contributed by atoms with van der Waals surface area (Å²) in [6, 6.07) is 0. The molecule has 2 fully saturated rings. The molecule has 4 nitrogen and oxygen atoms in total. The van der Waals surface area contributed by atoms with Gasteiger partial charge in [0.25, 0.3) is 0 Å². The van der Waals surface area contributed by atoms with Crippen molar-refractivity contribution < 1.29 is 9.59 Å². The second kappa shape index (κ2) is 10.3. The zero-order chi connectivity index (χ0) is 22.6. The SMILES string of the molecule is CCCCCCCCCCCCCCCC(=O)N1C(=O)C2CC23C1=CC=C1N=CC(C)=C13. The number of allylic oxidation sites excluding steroid dienone is 5. The number of carbonyl (C=O) groups is 2. The van der Waals surface area contributed by atoms with Crippen molar-refractivity contribution in [2.24, 2.45) is 16.3 Å². The van der Waals surface area contributed by atoms with E-state index in [1.807, 2.05) is 18.4 Å². The molecule has 1 saturated carbocycles.